The molecule has 0 spiro atoms. The van der Waals surface area contributed by atoms with E-state index >= 15 is 0 Å². The van der Waals surface area contributed by atoms with Gasteiger partial charge in [-0.1, -0.05) is 36.4 Å². The number of benzene rings is 2. The van der Waals surface area contributed by atoms with Gasteiger partial charge in [-0.3, -0.25) is 9.78 Å². The Morgan fingerprint density at radius 3 is 2.68 bits per heavy atom. The van der Waals surface area contributed by atoms with Crippen LogP contribution in [0.15, 0.2) is 67.0 Å². The van der Waals surface area contributed by atoms with Gasteiger partial charge in [0.2, 0.25) is 0 Å². The number of nitrogens with one attached hydrogen (secondary N) is 1. The molecule has 142 valence electrons. The standard InChI is InChI=1S/C23H22FN3O/c24-21-7-5-17(6-8-21)9-11-26-22-13-20(14-25-15-22)23(28)27-12-10-18-3-1-2-4-19(18)16-27/h1-8,13-15,26H,9-12,16H2. The van der Waals surface area contributed by atoms with Crippen LogP contribution in [-0.2, 0) is 19.4 Å². The fourth-order valence-electron chi connectivity index (χ4n) is 3.51. The summed E-state index contributed by atoms with van der Waals surface area (Å²) in [5.41, 5.74) is 4.99. The maximum Gasteiger partial charge on any atom is 0.255 e. The normalized spacial score (nSPS) is 13.1. The molecule has 5 heteroatoms. The molecule has 0 atom stereocenters. The van der Waals surface area contributed by atoms with E-state index in [-0.39, 0.29) is 11.7 Å². The fraction of sp³-hybridized carbons (Fsp3) is 0.217. The van der Waals surface area contributed by atoms with Gasteiger partial charge in [0, 0.05) is 32.0 Å². The minimum atomic E-state index is -0.229. The van der Waals surface area contributed by atoms with Gasteiger partial charge < -0.3 is 10.2 Å². The minimum absolute atomic E-state index is 0.00388. The summed E-state index contributed by atoms with van der Waals surface area (Å²) in [5.74, 6) is -0.225. The molecule has 0 bridgehead atoms. The molecular formula is C23H22FN3O. The first kappa shape index (κ1) is 18.2. The number of amides is 1. The molecule has 4 rings (SSSR count). The van der Waals surface area contributed by atoms with Crippen LogP contribution in [0.3, 0.4) is 0 Å². The Morgan fingerprint density at radius 2 is 1.86 bits per heavy atom. The quantitative estimate of drug-likeness (QED) is 0.731. The van der Waals surface area contributed by atoms with Crippen LogP contribution in [0, 0.1) is 5.82 Å². The van der Waals surface area contributed by atoms with E-state index in [4.69, 9.17) is 0 Å². The largest absolute Gasteiger partial charge is 0.383 e. The molecule has 0 unspecified atom stereocenters. The van der Waals surface area contributed by atoms with Crippen molar-refractivity contribution >= 4 is 11.6 Å². The smallest absolute Gasteiger partial charge is 0.255 e. The van der Waals surface area contributed by atoms with E-state index in [2.05, 4.69) is 22.4 Å². The van der Waals surface area contributed by atoms with E-state index in [1.165, 1.54) is 23.3 Å². The third kappa shape index (κ3) is 4.19. The van der Waals surface area contributed by atoms with Crippen LogP contribution in [0.25, 0.3) is 0 Å². The molecule has 1 N–H and O–H groups in total. The molecule has 0 fully saturated rings. The highest BCUT2D eigenvalue weighted by Crippen LogP contribution is 2.21. The highest BCUT2D eigenvalue weighted by molar-refractivity contribution is 5.94. The summed E-state index contributed by atoms with van der Waals surface area (Å²) in [7, 11) is 0. The van der Waals surface area contributed by atoms with Crippen LogP contribution in [0.4, 0.5) is 10.1 Å². The van der Waals surface area contributed by atoms with Crippen LogP contribution >= 0.6 is 0 Å². The molecule has 28 heavy (non-hydrogen) atoms. The SMILES string of the molecule is O=C(c1cncc(NCCc2ccc(F)cc2)c1)N1CCc2ccccc2C1. The summed E-state index contributed by atoms with van der Waals surface area (Å²) in [6, 6.07) is 16.6. The maximum atomic E-state index is 13.0. The zero-order valence-electron chi connectivity index (χ0n) is 15.6. The van der Waals surface area contributed by atoms with Gasteiger partial charge >= 0.3 is 0 Å². The molecule has 1 aromatic heterocycles. The Balaban J connectivity index is 1.38. The molecule has 4 nitrogen and oxygen atoms in total. The predicted molar refractivity (Wildman–Crippen MR) is 108 cm³/mol. The third-order valence-electron chi connectivity index (χ3n) is 5.06. The summed E-state index contributed by atoms with van der Waals surface area (Å²) in [5, 5.41) is 3.29. The van der Waals surface area contributed by atoms with Gasteiger partial charge in [-0.2, -0.15) is 0 Å². The van der Waals surface area contributed by atoms with Crippen LogP contribution in [0.1, 0.15) is 27.0 Å². The van der Waals surface area contributed by atoms with Crippen molar-refractivity contribution in [3.05, 3.63) is 95.1 Å². The third-order valence-corrected chi connectivity index (χ3v) is 5.06. The van der Waals surface area contributed by atoms with E-state index in [1.807, 2.05) is 23.1 Å². The van der Waals surface area contributed by atoms with Crippen LogP contribution in [0.5, 0.6) is 0 Å². The average Bonchev–Trinajstić information content (AvgIpc) is 2.74. The second-order valence-corrected chi connectivity index (χ2v) is 7.01. The summed E-state index contributed by atoms with van der Waals surface area (Å²) in [4.78, 5) is 19.0. The van der Waals surface area contributed by atoms with Crippen molar-refractivity contribution < 1.29 is 9.18 Å². The van der Waals surface area contributed by atoms with Crippen LogP contribution in [-0.4, -0.2) is 28.9 Å². The molecule has 0 saturated carbocycles. The van der Waals surface area contributed by atoms with E-state index < -0.39 is 0 Å². The van der Waals surface area contributed by atoms with Gasteiger partial charge in [0.15, 0.2) is 0 Å². The maximum absolute atomic E-state index is 13.0. The average molecular weight is 375 g/mol. The van der Waals surface area contributed by atoms with Crippen molar-refractivity contribution in [3.63, 3.8) is 0 Å². The lowest BCUT2D eigenvalue weighted by atomic mass is 9.99. The molecular weight excluding hydrogens is 353 g/mol. The molecule has 0 aliphatic carbocycles. The number of pyridine rings is 1. The van der Waals surface area contributed by atoms with Gasteiger partial charge in [0.25, 0.3) is 5.91 Å². The van der Waals surface area contributed by atoms with Gasteiger partial charge in [-0.15, -0.1) is 0 Å². The highest BCUT2D eigenvalue weighted by atomic mass is 19.1. The zero-order valence-corrected chi connectivity index (χ0v) is 15.6. The number of fused-ring (bicyclic) bond motifs is 1. The Labute approximate surface area is 164 Å². The van der Waals surface area contributed by atoms with E-state index in [0.717, 1.165) is 30.6 Å². The van der Waals surface area contributed by atoms with Crippen molar-refractivity contribution in [1.82, 2.24) is 9.88 Å². The van der Waals surface area contributed by atoms with Crippen LogP contribution < -0.4 is 5.32 Å². The zero-order chi connectivity index (χ0) is 19.3. The molecule has 2 heterocycles. The Bertz CT molecular complexity index is 972. The first-order valence-corrected chi connectivity index (χ1v) is 9.48. The lowest BCUT2D eigenvalue weighted by molar-refractivity contribution is 0.0734. The van der Waals surface area contributed by atoms with Gasteiger partial charge in [-0.25, -0.2) is 4.39 Å². The second-order valence-electron chi connectivity index (χ2n) is 7.01. The molecule has 2 aromatic carbocycles. The number of carbonyl (C=O) groups excluding carboxylic acids is 1. The van der Waals surface area contributed by atoms with E-state index in [1.54, 1.807) is 24.5 Å². The van der Waals surface area contributed by atoms with Crippen molar-refractivity contribution in [3.8, 4) is 0 Å². The van der Waals surface area contributed by atoms with Gasteiger partial charge in [0.05, 0.1) is 11.3 Å². The highest BCUT2D eigenvalue weighted by Gasteiger charge is 2.21. The van der Waals surface area contributed by atoms with Crippen molar-refractivity contribution in [1.29, 1.82) is 0 Å². The summed E-state index contributed by atoms with van der Waals surface area (Å²) in [6.45, 7) is 2.04. The van der Waals surface area contributed by atoms with E-state index in [9.17, 15) is 9.18 Å². The van der Waals surface area contributed by atoms with Crippen LogP contribution in [0.2, 0.25) is 0 Å². The first-order valence-electron chi connectivity index (χ1n) is 9.48. The lowest BCUT2D eigenvalue weighted by Gasteiger charge is -2.29. The number of halogens is 1. The van der Waals surface area contributed by atoms with Gasteiger partial charge in [-0.05, 0) is 47.7 Å². The number of aromatic nitrogens is 1. The Kier molecular flexibility index (Phi) is 5.33. The second kappa shape index (κ2) is 8.21. The Morgan fingerprint density at radius 1 is 1.07 bits per heavy atom. The number of hydrogen-bond acceptors (Lipinski definition) is 3. The summed E-state index contributed by atoms with van der Waals surface area (Å²) < 4.78 is 13.0. The topological polar surface area (TPSA) is 45.2 Å². The molecule has 0 radical (unpaired) electrons. The van der Waals surface area contributed by atoms with Crippen molar-refractivity contribution in [2.45, 2.75) is 19.4 Å². The predicted octanol–water partition coefficient (Wildman–Crippen LogP) is 4.07. The van der Waals surface area contributed by atoms with Crippen molar-refractivity contribution in [2.24, 2.45) is 0 Å². The number of rotatable bonds is 5. The minimum Gasteiger partial charge on any atom is -0.383 e. The number of hydrogen-bond donors (Lipinski definition) is 1. The first-order chi connectivity index (χ1) is 13.7. The molecule has 1 aliphatic rings. The fourth-order valence-corrected chi connectivity index (χ4v) is 3.51. The molecule has 3 aromatic rings. The monoisotopic (exact) mass is 375 g/mol. The molecule has 0 saturated heterocycles. The number of nitrogens with zero attached hydrogens (tertiary/aromatic N) is 2. The van der Waals surface area contributed by atoms with Gasteiger partial charge in [0.1, 0.15) is 5.82 Å². The Hall–Kier alpha value is -3.21. The summed E-state index contributed by atoms with van der Waals surface area (Å²) in [6.07, 6.45) is 4.98. The lowest BCUT2D eigenvalue weighted by Crippen LogP contribution is -2.36. The molecule has 1 amide bonds. The number of anilines is 1. The number of carbonyl (C=O) groups is 1. The van der Waals surface area contributed by atoms with E-state index in [0.29, 0.717) is 18.7 Å². The molecule has 1 aliphatic heterocycles. The van der Waals surface area contributed by atoms with Crippen molar-refractivity contribution in [2.75, 3.05) is 18.4 Å². The summed E-state index contributed by atoms with van der Waals surface area (Å²) >= 11 is 0.